The number of rotatable bonds is 3. The summed E-state index contributed by atoms with van der Waals surface area (Å²) in [6.07, 6.45) is 0.727. The van der Waals surface area contributed by atoms with Crippen molar-refractivity contribution in [1.82, 2.24) is 10.2 Å². The van der Waals surface area contributed by atoms with E-state index in [9.17, 15) is 4.79 Å². The second-order valence-electron chi connectivity index (χ2n) is 2.81. The van der Waals surface area contributed by atoms with Crippen LogP contribution in [0.5, 0.6) is 0 Å². The van der Waals surface area contributed by atoms with E-state index in [1.807, 2.05) is 13.8 Å². The third-order valence-electron chi connectivity index (χ3n) is 1.87. The summed E-state index contributed by atoms with van der Waals surface area (Å²) < 4.78 is 0. The van der Waals surface area contributed by atoms with E-state index in [1.165, 1.54) is 0 Å². The molecule has 0 saturated heterocycles. The summed E-state index contributed by atoms with van der Waals surface area (Å²) in [4.78, 5) is 10.3. The number of halogens is 1. The predicted molar refractivity (Wildman–Crippen MR) is 51.3 cm³/mol. The minimum atomic E-state index is -0.769. The van der Waals surface area contributed by atoms with Gasteiger partial charge in [0.1, 0.15) is 0 Å². The number of carboxylic acid groups (broad SMARTS) is 1. The van der Waals surface area contributed by atoms with Gasteiger partial charge in [0.25, 0.3) is 0 Å². The van der Waals surface area contributed by atoms with E-state index in [1.54, 1.807) is 0 Å². The molecule has 2 N–H and O–H groups in total. The number of aryl methyl sites for hydroxylation is 2. The lowest BCUT2D eigenvalue weighted by Crippen LogP contribution is -1.98. The number of aromatic nitrogens is 2. The van der Waals surface area contributed by atoms with Crippen LogP contribution in [0.4, 0.5) is 0 Å². The topological polar surface area (TPSA) is 66.0 Å². The molecule has 4 nitrogen and oxygen atoms in total. The SMILES string of the molecule is Cc1n[nH]c(C)c1CCC(=O)O.Cl. The van der Waals surface area contributed by atoms with Gasteiger partial charge in [-0.05, 0) is 25.8 Å². The van der Waals surface area contributed by atoms with Crippen LogP contribution in [0.15, 0.2) is 0 Å². The molecule has 0 bridgehead atoms. The number of nitrogens with zero attached hydrogens (tertiary/aromatic N) is 1. The highest BCUT2D eigenvalue weighted by Gasteiger charge is 2.07. The Labute approximate surface area is 82.8 Å². The first kappa shape index (κ1) is 12.0. The molecule has 0 fully saturated rings. The Kier molecular flexibility index (Phi) is 4.48. The molecule has 0 unspecified atom stereocenters. The standard InChI is InChI=1S/C8H12N2O2.ClH/c1-5-7(3-4-8(11)12)6(2)10-9-5;/h3-4H2,1-2H3,(H,9,10)(H,11,12);1H. The minimum Gasteiger partial charge on any atom is -0.481 e. The number of nitrogens with one attached hydrogen (secondary N) is 1. The third kappa shape index (κ3) is 3.06. The number of carboxylic acids is 1. The van der Waals surface area contributed by atoms with Crippen molar-refractivity contribution in [1.29, 1.82) is 0 Å². The Morgan fingerprint density at radius 1 is 1.54 bits per heavy atom. The fourth-order valence-corrected chi connectivity index (χ4v) is 1.17. The zero-order chi connectivity index (χ0) is 9.14. The lowest BCUT2D eigenvalue weighted by molar-refractivity contribution is -0.136. The van der Waals surface area contributed by atoms with Crippen molar-refractivity contribution in [2.75, 3.05) is 0 Å². The fourth-order valence-electron chi connectivity index (χ4n) is 1.17. The number of carbonyl (C=O) groups is 1. The van der Waals surface area contributed by atoms with Gasteiger partial charge in [0.05, 0.1) is 5.69 Å². The zero-order valence-corrected chi connectivity index (χ0v) is 8.44. The molecule has 13 heavy (non-hydrogen) atoms. The lowest BCUT2D eigenvalue weighted by atomic mass is 10.1. The molecule has 1 aromatic heterocycles. The monoisotopic (exact) mass is 204 g/mol. The molecule has 0 saturated carbocycles. The molecule has 5 heteroatoms. The van der Waals surface area contributed by atoms with Crippen molar-refractivity contribution >= 4 is 18.4 Å². The molecule has 1 rings (SSSR count). The number of hydrogen-bond donors (Lipinski definition) is 2. The molecule has 0 spiro atoms. The summed E-state index contributed by atoms with van der Waals surface area (Å²) in [6, 6.07) is 0. The first-order valence-corrected chi connectivity index (χ1v) is 3.83. The maximum Gasteiger partial charge on any atom is 0.303 e. The highest BCUT2D eigenvalue weighted by atomic mass is 35.5. The quantitative estimate of drug-likeness (QED) is 0.784. The summed E-state index contributed by atoms with van der Waals surface area (Å²) >= 11 is 0. The fraction of sp³-hybridized carbons (Fsp3) is 0.500. The molecule has 0 atom stereocenters. The molecule has 0 aliphatic heterocycles. The van der Waals surface area contributed by atoms with Crippen molar-refractivity contribution in [2.24, 2.45) is 0 Å². The number of aromatic amines is 1. The second kappa shape index (κ2) is 4.87. The van der Waals surface area contributed by atoms with Gasteiger partial charge in [0, 0.05) is 12.1 Å². The second-order valence-corrected chi connectivity index (χ2v) is 2.81. The average molecular weight is 205 g/mol. The molecule has 0 aliphatic carbocycles. The van der Waals surface area contributed by atoms with Crippen LogP contribution in [-0.2, 0) is 11.2 Å². The molecular formula is C8H13ClN2O2. The molecule has 1 aromatic rings. The van der Waals surface area contributed by atoms with Gasteiger partial charge in [-0.1, -0.05) is 0 Å². The van der Waals surface area contributed by atoms with Gasteiger partial charge in [0.2, 0.25) is 0 Å². The average Bonchev–Trinajstić information content (AvgIpc) is 2.28. The van der Waals surface area contributed by atoms with E-state index in [0.29, 0.717) is 6.42 Å². The number of aliphatic carboxylic acids is 1. The van der Waals surface area contributed by atoms with Crippen molar-refractivity contribution in [3.63, 3.8) is 0 Å². The van der Waals surface area contributed by atoms with E-state index in [4.69, 9.17) is 5.11 Å². The molecule has 1 heterocycles. The lowest BCUT2D eigenvalue weighted by Gasteiger charge is -1.96. The number of hydrogen-bond acceptors (Lipinski definition) is 2. The highest BCUT2D eigenvalue weighted by Crippen LogP contribution is 2.11. The van der Waals surface area contributed by atoms with Gasteiger partial charge in [0.15, 0.2) is 0 Å². The van der Waals surface area contributed by atoms with E-state index in [2.05, 4.69) is 10.2 Å². The van der Waals surface area contributed by atoms with Crippen molar-refractivity contribution in [3.8, 4) is 0 Å². The molecule has 0 radical (unpaired) electrons. The van der Waals surface area contributed by atoms with Gasteiger partial charge in [-0.25, -0.2) is 0 Å². The van der Waals surface area contributed by atoms with E-state index < -0.39 is 5.97 Å². The highest BCUT2D eigenvalue weighted by molar-refractivity contribution is 5.85. The first-order chi connectivity index (χ1) is 5.61. The van der Waals surface area contributed by atoms with Crippen LogP contribution in [0.3, 0.4) is 0 Å². The summed E-state index contributed by atoms with van der Waals surface area (Å²) in [7, 11) is 0. The van der Waals surface area contributed by atoms with Crippen LogP contribution >= 0.6 is 12.4 Å². The van der Waals surface area contributed by atoms with Crippen LogP contribution in [0.2, 0.25) is 0 Å². The Hall–Kier alpha value is -1.03. The first-order valence-electron chi connectivity index (χ1n) is 3.83. The molecule has 74 valence electrons. The van der Waals surface area contributed by atoms with Crippen LogP contribution in [0.1, 0.15) is 23.4 Å². The van der Waals surface area contributed by atoms with Gasteiger partial charge >= 0.3 is 5.97 Å². The normalized spacial score (nSPS) is 9.38. The summed E-state index contributed by atoms with van der Waals surface area (Å²) in [5.41, 5.74) is 2.89. The van der Waals surface area contributed by atoms with Crippen molar-refractivity contribution < 1.29 is 9.90 Å². The maximum absolute atomic E-state index is 10.3. The van der Waals surface area contributed by atoms with Crippen LogP contribution in [-0.4, -0.2) is 21.3 Å². The van der Waals surface area contributed by atoms with E-state index in [-0.39, 0.29) is 18.8 Å². The van der Waals surface area contributed by atoms with Crippen molar-refractivity contribution in [3.05, 3.63) is 17.0 Å². The van der Waals surface area contributed by atoms with Crippen LogP contribution in [0.25, 0.3) is 0 Å². The van der Waals surface area contributed by atoms with Gasteiger partial charge in [-0.3, -0.25) is 9.89 Å². The van der Waals surface area contributed by atoms with E-state index in [0.717, 1.165) is 17.0 Å². The summed E-state index contributed by atoms with van der Waals surface area (Å²) in [5, 5.41) is 15.3. The zero-order valence-electron chi connectivity index (χ0n) is 7.63. The van der Waals surface area contributed by atoms with Gasteiger partial charge in [-0.2, -0.15) is 5.10 Å². The smallest absolute Gasteiger partial charge is 0.303 e. The number of H-pyrrole nitrogens is 1. The minimum absolute atomic E-state index is 0. The molecule has 0 amide bonds. The Morgan fingerprint density at radius 2 is 2.15 bits per heavy atom. The molecular weight excluding hydrogens is 192 g/mol. The largest absolute Gasteiger partial charge is 0.481 e. The van der Waals surface area contributed by atoms with Crippen molar-refractivity contribution in [2.45, 2.75) is 26.7 Å². The molecule has 0 aromatic carbocycles. The Morgan fingerprint density at radius 3 is 2.54 bits per heavy atom. The van der Waals surface area contributed by atoms with E-state index >= 15 is 0 Å². The Bertz CT molecular complexity index is 277. The maximum atomic E-state index is 10.3. The Balaban J connectivity index is 0.00000144. The summed E-state index contributed by atoms with van der Waals surface area (Å²) in [5.74, 6) is -0.769. The predicted octanol–water partition coefficient (Wildman–Crippen LogP) is 1.47. The van der Waals surface area contributed by atoms with Crippen LogP contribution in [0, 0.1) is 13.8 Å². The third-order valence-corrected chi connectivity index (χ3v) is 1.87. The van der Waals surface area contributed by atoms with Crippen LogP contribution < -0.4 is 0 Å². The van der Waals surface area contributed by atoms with Gasteiger partial charge < -0.3 is 5.11 Å². The molecule has 0 aliphatic rings. The van der Waals surface area contributed by atoms with Gasteiger partial charge in [-0.15, -0.1) is 12.4 Å². The summed E-state index contributed by atoms with van der Waals surface area (Å²) in [6.45, 7) is 3.78.